The Balaban J connectivity index is 1.37. The number of para-hydroxylation sites is 5. The van der Waals surface area contributed by atoms with Gasteiger partial charge < -0.3 is 13.7 Å². The Bertz CT molecular complexity index is 3270. The van der Waals surface area contributed by atoms with Gasteiger partial charge in [-0.25, -0.2) is 0 Å². The van der Waals surface area contributed by atoms with Gasteiger partial charge in [0.25, 0.3) is 0 Å². The van der Waals surface area contributed by atoms with Gasteiger partial charge in [0.2, 0.25) is 0 Å². The van der Waals surface area contributed by atoms with Gasteiger partial charge in [-0.1, -0.05) is 135 Å². The average Bonchev–Trinajstić information content (AvgIpc) is 3.92. The van der Waals surface area contributed by atoms with Gasteiger partial charge in [0, 0.05) is 54.8 Å². The lowest BCUT2D eigenvalue weighted by Gasteiger charge is -2.22. The summed E-state index contributed by atoms with van der Waals surface area (Å²) in [5, 5.41) is 7.55. The van der Waals surface area contributed by atoms with Crippen molar-refractivity contribution in [3.63, 3.8) is 0 Å². The molecule has 0 saturated heterocycles. The van der Waals surface area contributed by atoms with Crippen molar-refractivity contribution in [2.45, 2.75) is 19.3 Å². The van der Waals surface area contributed by atoms with E-state index >= 15 is 0 Å². The predicted molar refractivity (Wildman–Crippen MR) is 227 cm³/mol. The Hall–Kier alpha value is -6.84. The quantitative estimate of drug-likeness (QED) is 0.175. The molecule has 0 fully saturated rings. The first-order chi connectivity index (χ1) is 26.6. The molecule has 0 saturated carbocycles. The van der Waals surface area contributed by atoms with Crippen LogP contribution in [0.15, 0.2) is 176 Å². The first kappa shape index (κ1) is 29.7. The first-order valence-electron chi connectivity index (χ1n) is 18.9. The summed E-state index contributed by atoms with van der Waals surface area (Å²) in [4.78, 5) is 0. The maximum atomic E-state index is 2.57. The fraction of sp³-hybridized carbons (Fsp3) is 0.0588. The Morgan fingerprint density at radius 1 is 0.333 bits per heavy atom. The van der Waals surface area contributed by atoms with E-state index in [-0.39, 0.29) is 5.41 Å². The highest BCUT2D eigenvalue weighted by molar-refractivity contribution is 6.40. The van der Waals surface area contributed by atoms with Crippen molar-refractivity contribution >= 4 is 65.4 Å². The van der Waals surface area contributed by atoms with Crippen LogP contribution in [-0.4, -0.2) is 13.7 Å². The number of fused-ring (bicyclic) bond motifs is 15. The standard InChI is InChI=1S/C51H35N3/c1-51(2)40-25-13-9-21-35(40)36-30-29-34(31-41(36)51)54-44-28-16-12-24-39(44)47-49-45(37-22-10-14-26-42(37)52(49)32-17-5-3-6-18-32)48-46(50(47)54)38-23-11-15-27-43(38)53(48)33-19-7-4-8-20-33/h3-31H,1-2H3. The van der Waals surface area contributed by atoms with Gasteiger partial charge in [-0.2, -0.15) is 0 Å². The van der Waals surface area contributed by atoms with Crippen LogP contribution in [0.25, 0.3) is 93.6 Å². The zero-order chi connectivity index (χ0) is 35.7. The summed E-state index contributed by atoms with van der Waals surface area (Å²) in [6.45, 7) is 4.75. The van der Waals surface area contributed by atoms with Crippen molar-refractivity contribution in [1.82, 2.24) is 13.7 Å². The molecular weight excluding hydrogens is 655 g/mol. The fourth-order valence-corrected chi connectivity index (χ4v) is 9.94. The topological polar surface area (TPSA) is 14.8 Å². The lowest BCUT2D eigenvalue weighted by Crippen LogP contribution is -2.15. The summed E-state index contributed by atoms with van der Waals surface area (Å²) in [6.07, 6.45) is 0. The van der Waals surface area contributed by atoms with Crippen molar-refractivity contribution in [3.05, 3.63) is 187 Å². The minimum Gasteiger partial charge on any atom is -0.308 e. The van der Waals surface area contributed by atoms with E-state index in [9.17, 15) is 0 Å². The zero-order valence-corrected chi connectivity index (χ0v) is 30.1. The minimum atomic E-state index is -0.119. The van der Waals surface area contributed by atoms with Crippen LogP contribution in [0.5, 0.6) is 0 Å². The second kappa shape index (κ2) is 10.6. The summed E-state index contributed by atoms with van der Waals surface area (Å²) in [5.74, 6) is 0. The van der Waals surface area contributed by atoms with Crippen molar-refractivity contribution < 1.29 is 0 Å². The van der Waals surface area contributed by atoms with Gasteiger partial charge in [0.1, 0.15) is 0 Å². The van der Waals surface area contributed by atoms with E-state index in [2.05, 4.69) is 203 Å². The Kier molecular flexibility index (Phi) is 5.84. The minimum absolute atomic E-state index is 0.119. The number of aromatic nitrogens is 3. The smallest absolute Gasteiger partial charge is 0.0663 e. The van der Waals surface area contributed by atoms with E-state index in [0.29, 0.717) is 0 Å². The van der Waals surface area contributed by atoms with Crippen LogP contribution in [0, 0.1) is 0 Å². The monoisotopic (exact) mass is 689 g/mol. The van der Waals surface area contributed by atoms with E-state index in [4.69, 9.17) is 0 Å². The van der Waals surface area contributed by atoms with E-state index in [1.165, 1.54) is 93.4 Å². The van der Waals surface area contributed by atoms with Crippen molar-refractivity contribution in [2.24, 2.45) is 0 Å². The molecule has 12 rings (SSSR count). The second-order valence-corrected chi connectivity index (χ2v) is 15.3. The highest BCUT2D eigenvalue weighted by Crippen LogP contribution is 2.52. The SMILES string of the molecule is CC1(C)c2ccccc2-c2ccc(-n3c4ccccc4c4c5c(c6ccccc6n5-c5ccccc5)c5c(c6ccccc6n5-c5ccccc5)c43)cc21. The van der Waals surface area contributed by atoms with Crippen LogP contribution >= 0.6 is 0 Å². The third-order valence-corrected chi connectivity index (χ3v) is 12.2. The zero-order valence-electron chi connectivity index (χ0n) is 30.1. The van der Waals surface area contributed by atoms with Gasteiger partial charge in [-0.15, -0.1) is 0 Å². The molecule has 1 aliphatic carbocycles. The fourth-order valence-electron chi connectivity index (χ4n) is 9.94. The molecular formula is C51H35N3. The highest BCUT2D eigenvalue weighted by atomic mass is 15.0. The third kappa shape index (κ3) is 3.71. The van der Waals surface area contributed by atoms with Crippen molar-refractivity contribution in [1.29, 1.82) is 0 Å². The van der Waals surface area contributed by atoms with Crippen LogP contribution in [-0.2, 0) is 5.41 Å². The summed E-state index contributed by atoms with van der Waals surface area (Å²) >= 11 is 0. The number of nitrogens with zero attached hydrogens (tertiary/aromatic N) is 3. The van der Waals surface area contributed by atoms with Crippen molar-refractivity contribution in [3.8, 4) is 28.2 Å². The lowest BCUT2D eigenvalue weighted by molar-refractivity contribution is 0.660. The molecule has 3 nitrogen and oxygen atoms in total. The molecule has 1 aliphatic rings. The molecule has 0 radical (unpaired) electrons. The maximum Gasteiger partial charge on any atom is 0.0663 e. The van der Waals surface area contributed by atoms with E-state index in [1.807, 2.05) is 0 Å². The van der Waals surface area contributed by atoms with Gasteiger partial charge in [-0.05, 0) is 76.9 Å². The van der Waals surface area contributed by atoms with Gasteiger partial charge in [0.05, 0.1) is 33.1 Å². The Morgan fingerprint density at radius 2 is 0.722 bits per heavy atom. The second-order valence-electron chi connectivity index (χ2n) is 15.3. The molecule has 3 heteroatoms. The van der Waals surface area contributed by atoms with Crippen LogP contribution < -0.4 is 0 Å². The van der Waals surface area contributed by atoms with E-state index in [0.717, 1.165) is 11.4 Å². The Labute approximate surface area is 312 Å². The molecule has 0 aliphatic heterocycles. The summed E-state index contributed by atoms with van der Waals surface area (Å²) in [5.41, 5.74) is 16.1. The molecule has 8 aromatic carbocycles. The molecule has 0 spiro atoms. The molecule has 0 unspecified atom stereocenters. The third-order valence-electron chi connectivity index (χ3n) is 12.2. The molecule has 0 N–H and O–H groups in total. The van der Waals surface area contributed by atoms with Crippen LogP contribution in [0.2, 0.25) is 0 Å². The number of hydrogen-bond donors (Lipinski definition) is 0. The van der Waals surface area contributed by atoms with Gasteiger partial charge in [0.15, 0.2) is 0 Å². The summed E-state index contributed by atoms with van der Waals surface area (Å²) < 4.78 is 7.60. The van der Waals surface area contributed by atoms with Crippen LogP contribution in [0.1, 0.15) is 25.0 Å². The van der Waals surface area contributed by atoms with E-state index in [1.54, 1.807) is 0 Å². The van der Waals surface area contributed by atoms with Crippen LogP contribution in [0.3, 0.4) is 0 Å². The molecule has 0 atom stereocenters. The molecule has 254 valence electrons. The molecule has 0 bridgehead atoms. The number of hydrogen-bond acceptors (Lipinski definition) is 0. The molecule has 3 aromatic heterocycles. The number of benzene rings is 8. The van der Waals surface area contributed by atoms with Crippen molar-refractivity contribution in [2.75, 3.05) is 0 Å². The maximum absolute atomic E-state index is 2.57. The van der Waals surface area contributed by atoms with Gasteiger partial charge in [-0.3, -0.25) is 0 Å². The van der Waals surface area contributed by atoms with E-state index < -0.39 is 0 Å². The molecule has 3 heterocycles. The number of rotatable bonds is 3. The summed E-state index contributed by atoms with van der Waals surface area (Å²) in [6, 6.07) is 64.9. The lowest BCUT2D eigenvalue weighted by atomic mass is 9.82. The normalized spacial score (nSPS) is 13.5. The van der Waals surface area contributed by atoms with Crippen LogP contribution in [0.4, 0.5) is 0 Å². The Morgan fingerprint density at radius 3 is 1.22 bits per heavy atom. The van der Waals surface area contributed by atoms with Gasteiger partial charge >= 0.3 is 0 Å². The molecule has 11 aromatic rings. The predicted octanol–water partition coefficient (Wildman–Crippen LogP) is 13.3. The summed E-state index contributed by atoms with van der Waals surface area (Å²) in [7, 11) is 0. The largest absolute Gasteiger partial charge is 0.308 e. The molecule has 0 amide bonds. The molecule has 54 heavy (non-hydrogen) atoms. The first-order valence-corrected chi connectivity index (χ1v) is 18.9. The highest BCUT2D eigenvalue weighted by Gasteiger charge is 2.36. The average molecular weight is 690 g/mol.